The number of benzene rings is 1. The Kier molecular flexibility index (Phi) is 4.58. The van der Waals surface area contributed by atoms with E-state index in [1.165, 1.54) is 0 Å². The number of aliphatic hydroxyl groups is 1. The SMILES string of the molecule is CC(O)C(C)(C)NCc1cc(F)cc(C(F)(F)F)c1. The van der Waals surface area contributed by atoms with Gasteiger partial charge in [-0.3, -0.25) is 0 Å². The topological polar surface area (TPSA) is 32.3 Å². The largest absolute Gasteiger partial charge is 0.416 e. The second-order valence-corrected chi connectivity index (χ2v) is 5.10. The standard InChI is InChI=1S/C13H17F4NO/c1-8(19)12(2,3)18-7-9-4-10(13(15,16)17)6-11(14)5-9/h4-6,8,18-19H,7H2,1-3H3. The molecule has 0 bridgehead atoms. The van der Waals surface area contributed by atoms with E-state index < -0.39 is 29.2 Å². The van der Waals surface area contributed by atoms with Gasteiger partial charge < -0.3 is 10.4 Å². The van der Waals surface area contributed by atoms with E-state index in [9.17, 15) is 22.7 Å². The molecular formula is C13H17F4NO. The summed E-state index contributed by atoms with van der Waals surface area (Å²) in [7, 11) is 0. The summed E-state index contributed by atoms with van der Waals surface area (Å²) in [6, 6.07) is 2.40. The average Bonchev–Trinajstić information content (AvgIpc) is 2.24. The van der Waals surface area contributed by atoms with Crippen molar-refractivity contribution >= 4 is 0 Å². The maximum atomic E-state index is 13.2. The van der Waals surface area contributed by atoms with Crippen molar-refractivity contribution in [1.82, 2.24) is 5.32 Å². The molecule has 0 aliphatic heterocycles. The Morgan fingerprint density at radius 2 is 1.79 bits per heavy atom. The summed E-state index contributed by atoms with van der Waals surface area (Å²) in [5.41, 5.74) is -1.51. The lowest BCUT2D eigenvalue weighted by molar-refractivity contribution is -0.137. The molecule has 0 radical (unpaired) electrons. The van der Waals surface area contributed by atoms with Crippen LogP contribution in [0, 0.1) is 5.82 Å². The van der Waals surface area contributed by atoms with Crippen molar-refractivity contribution in [3.05, 3.63) is 35.1 Å². The fourth-order valence-corrected chi connectivity index (χ4v) is 1.39. The van der Waals surface area contributed by atoms with E-state index in [-0.39, 0.29) is 12.1 Å². The van der Waals surface area contributed by atoms with Crippen LogP contribution in [0.4, 0.5) is 17.6 Å². The molecule has 0 saturated heterocycles. The Bertz CT molecular complexity index is 441. The van der Waals surface area contributed by atoms with Crippen molar-refractivity contribution in [3.8, 4) is 0 Å². The molecule has 2 N–H and O–H groups in total. The molecule has 1 rings (SSSR count). The number of rotatable bonds is 4. The zero-order chi connectivity index (χ0) is 14.8. The number of aliphatic hydroxyl groups excluding tert-OH is 1. The lowest BCUT2D eigenvalue weighted by atomic mass is 9.98. The minimum Gasteiger partial charge on any atom is -0.392 e. The van der Waals surface area contributed by atoms with Crippen molar-refractivity contribution in [2.75, 3.05) is 0 Å². The minimum absolute atomic E-state index is 0.0404. The molecule has 1 aromatic rings. The van der Waals surface area contributed by atoms with Gasteiger partial charge in [-0.2, -0.15) is 13.2 Å². The summed E-state index contributed by atoms with van der Waals surface area (Å²) in [5.74, 6) is -0.929. The third-order valence-electron chi connectivity index (χ3n) is 3.08. The molecule has 6 heteroatoms. The first-order valence-corrected chi connectivity index (χ1v) is 5.82. The quantitative estimate of drug-likeness (QED) is 0.830. The van der Waals surface area contributed by atoms with E-state index in [1.54, 1.807) is 20.8 Å². The number of alkyl halides is 3. The Balaban J connectivity index is 2.88. The molecule has 0 fully saturated rings. The van der Waals surface area contributed by atoms with Crippen LogP contribution in [0.1, 0.15) is 31.9 Å². The predicted molar refractivity (Wildman–Crippen MR) is 64.0 cm³/mol. The van der Waals surface area contributed by atoms with Gasteiger partial charge in [-0.25, -0.2) is 4.39 Å². The second kappa shape index (κ2) is 5.46. The number of halogens is 4. The smallest absolute Gasteiger partial charge is 0.392 e. The highest BCUT2D eigenvalue weighted by Crippen LogP contribution is 2.30. The highest BCUT2D eigenvalue weighted by Gasteiger charge is 2.31. The normalized spacial score (nSPS) is 14.5. The molecule has 0 heterocycles. The van der Waals surface area contributed by atoms with Crippen molar-refractivity contribution < 1.29 is 22.7 Å². The van der Waals surface area contributed by atoms with E-state index in [0.29, 0.717) is 6.07 Å². The number of hydrogen-bond donors (Lipinski definition) is 2. The predicted octanol–water partition coefficient (Wildman–Crippen LogP) is 3.09. The molecule has 0 spiro atoms. The summed E-state index contributed by atoms with van der Waals surface area (Å²) in [6.45, 7) is 5.03. The van der Waals surface area contributed by atoms with Gasteiger partial charge in [0, 0.05) is 12.1 Å². The van der Waals surface area contributed by atoms with Gasteiger partial charge in [0.1, 0.15) is 5.82 Å². The first kappa shape index (κ1) is 15.9. The van der Waals surface area contributed by atoms with Gasteiger partial charge in [0.25, 0.3) is 0 Å². The zero-order valence-corrected chi connectivity index (χ0v) is 11.0. The molecule has 1 aromatic carbocycles. The van der Waals surface area contributed by atoms with Crippen LogP contribution in [-0.2, 0) is 12.7 Å². The monoisotopic (exact) mass is 279 g/mol. The van der Waals surface area contributed by atoms with E-state index >= 15 is 0 Å². The van der Waals surface area contributed by atoms with Crippen LogP contribution in [0.25, 0.3) is 0 Å². The molecule has 0 saturated carbocycles. The Hall–Kier alpha value is -1.14. The van der Waals surface area contributed by atoms with Gasteiger partial charge in [0.2, 0.25) is 0 Å². The maximum Gasteiger partial charge on any atom is 0.416 e. The van der Waals surface area contributed by atoms with Crippen LogP contribution >= 0.6 is 0 Å². The van der Waals surface area contributed by atoms with E-state index in [1.807, 2.05) is 0 Å². The zero-order valence-electron chi connectivity index (χ0n) is 11.0. The number of nitrogens with one attached hydrogen (secondary N) is 1. The second-order valence-electron chi connectivity index (χ2n) is 5.10. The van der Waals surface area contributed by atoms with Crippen molar-refractivity contribution in [1.29, 1.82) is 0 Å². The fourth-order valence-electron chi connectivity index (χ4n) is 1.39. The first-order valence-electron chi connectivity index (χ1n) is 5.82. The Labute approximate surface area is 109 Å². The molecule has 2 nitrogen and oxygen atoms in total. The van der Waals surface area contributed by atoms with Crippen LogP contribution in [0.2, 0.25) is 0 Å². The van der Waals surface area contributed by atoms with Crippen LogP contribution in [-0.4, -0.2) is 16.7 Å². The molecule has 0 aliphatic carbocycles. The average molecular weight is 279 g/mol. The van der Waals surface area contributed by atoms with Gasteiger partial charge in [0.05, 0.1) is 11.7 Å². The Morgan fingerprint density at radius 3 is 2.26 bits per heavy atom. The molecule has 0 aliphatic rings. The van der Waals surface area contributed by atoms with E-state index in [4.69, 9.17) is 0 Å². The van der Waals surface area contributed by atoms with E-state index in [0.717, 1.165) is 12.1 Å². The summed E-state index contributed by atoms with van der Waals surface area (Å²) < 4.78 is 50.7. The van der Waals surface area contributed by atoms with Gasteiger partial charge in [-0.1, -0.05) is 0 Å². The minimum atomic E-state index is -4.57. The number of hydrogen-bond acceptors (Lipinski definition) is 2. The van der Waals surface area contributed by atoms with Crippen molar-refractivity contribution in [2.45, 2.75) is 45.1 Å². The van der Waals surface area contributed by atoms with Crippen molar-refractivity contribution in [3.63, 3.8) is 0 Å². The van der Waals surface area contributed by atoms with Gasteiger partial charge in [-0.05, 0) is 44.5 Å². The molecular weight excluding hydrogens is 262 g/mol. The Morgan fingerprint density at radius 1 is 1.21 bits per heavy atom. The van der Waals surface area contributed by atoms with E-state index in [2.05, 4.69) is 5.32 Å². The molecule has 1 atom stereocenters. The molecule has 1 unspecified atom stereocenters. The molecule has 19 heavy (non-hydrogen) atoms. The molecule has 0 aromatic heterocycles. The highest BCUT2D eigenvalue weighted by atomic mass is 19.4. The van der Waals surface area contributed by atoms with Crippen LogP contribution < -0.4 is 5.32 Å². The van der Waals surface area contributed by atoms with Crippen molar-refractivity contribution in [2.24, 2.45) is 0 Å². The lowest BCUT2D eigenvalue weighted by Gasteiger charge is -2.29. The molecule has 108 valence electrons. The summed E-state index contributed by atoms with van der Waals surface area (Å²) in [6.07, 6.45) is -5.26. The maximum absolute atomic E-state index is 13.2. The lowest BCUT2D eigenvalue weighted by Crippen LogP contribution is -2.47. The third-order valence-corrected chi connectivity index (χ3v) is 3.08. The van der Waals surface area contributed by atoms with Gasteiger partial charge in [-0.15, -0.1) is 0 Å². The fraction of sp³-hybridized carbons (Fsp3) is 0.538. The van der Waals surface area contributed by atoms with Crippen LogP contribution in [0.5, 0.6) is 0 Å². The van der Waals surface area contributed by atoms with Gasteiger partial charge in [0.15, 0.2) is 0 Å². The summed E-state index contributed by atoms with van der Waals surface area (Å²) in [5, 5.41) is 12.4. The third kappa shape index (κ3) is 4.47. The highest BCUT2D eigenvalue weighted by molar-refractivity contribution is 5.27. The summed E-state index contributed by atoms with van der Waals surface area (Å²) >= 11 is 0. The van der Waals surface area contributed by atoms with Crippen LogP contribution in [0.15, 0.2) is 18.2 Å². The molecule has 0 amide bonds. The summed E-state index contributed by atoms with van der Waals surface area (Å²) in [4.78, 5) is 0. The first-order chi connectivity index (χ1) is 8.52. The van der Waals surface area contributed by atoms with Crippen LogP contribution in [0.3, 0.4) is 0 Å². The van der Waals surface area contributed by atoms with Gasteiger partial charge >= 0.3 is 6.18 Å².